The third-order valence-corrected chi connectivity index (χ3v) is 3.02. The van der Waals surface area contributed by atoms with Crippen molar-refractivity contribution in [2.45, 2.75) is 32.7 Å². The van der Waals surface area contributed by atoms with E-state index in [1.807, 2.05) is 0 Å². The minimum atomic E-state index is -1.14. The summed E-state index contributed by atoms with van der Waals surface area (Å²) in [6.45, 7) is 5.06. The molecule has 0 aliphatic carbocycles. The number of nitrogens with zero attached hydrogens (tertiary/aromatic N) is 1. The summed E-state index contributed by atoms with van der Waals surface area (Å²) in [6, 6.07) is 4.34. The molecule has 0 saturated heterocycles. The van der Waals surface area contributed by atoms with E-state index < -0.39 is 16.4 Å². The Balaban J connectivity index is 3.13. The van der Waals surface area contributed by atoms with E-state index in [9.17, 15) is 14.9 Å². The Bertz CT molecular complexity index is 487. The van der Waals surface area contributed by atoms with Crippen LogP contribution >= 0.6 is 0 Å². The second-order valence-electron chi connectivity index (χ2n) is 4.37. The Morgan fingerprint density at radius 3 is 2.61 bits per heavy atom. The van der Waals surface area contributed by atoms with Gasteiger partial charge in [-0.1, -0.05) is 13.0 Å². The van der Waals surface area contributed by atoms with Gasteiger partial charge in [0.15, 0.2) is 0 Å². The molecular weight excluding hydrogens is 236 g/mol. The monoisotopic (exact) mass is 252 g/mol. The molecule has 0 bridgehead atoms. The lowest BCUT2D eigenvalue weighted by atomic mass is 9.98. The molecule has 6 nitrogen and oxygen atoms in total. The van der Waals surface area contributed by atoms with E-state index in [1.54, 1.807) is 26.8 Å². The third-order valence-electron chi connectivity index (χ3n) is 3.02. The topological polar surface area (TPSA) is 92.5 Å². The van der Waals surface area contributed by atoms with E-state index in [0.717, 1.165) is 5.56 Å². The van der Waals surface area contributed by atoms with Gasteiger partial charge in [0.25, 0.3) is 5.69 Å². The van der Waals surface area contributed by atoms with E-state index in [-0.39, 0.29) is 5.69 Å². The van der Waals surface area contributed by atoms with Gasteiger partial charge in [0, 0.05) is 17.8 Å². The van der Waals surface area contributed by atoms with E-state index in [1.165, 1.54) is 12.1 Å². The van der Waals surface area contributed by atoms with Crippen LogP contribution in [0, 0.1) is 17.0 Å². The average molecular weight is 252 g/mol. The van der Waals surface area contributed by atoms with Crippen molar-refractivity contribution in [3.05, 3.63) is 33.9 Å². The molecule has 1 rings (SSSR count). The van der Waals surface area contributed by atoms with Crippen LogP contribution in [0.15, 0.2) is 18.2 Å². The number of carboxylic acid groups (broad SMARTS) is 1. The molecule has 0 aliphatic rings. The predicted octanol–water partition coefficient (Wildman–Crippen LogP) is 2.57. The van der Waals surface area contributed by atoms with Gasteiger partial charge in [-0.15, -0.1) is 0 Å². The van der Waals surface area contributed by atoms with Crippen molar-refractivity contribution in [3.8, 4) is 0 Å². The summed E-state index contributed by atoms with van der Waals surface area (Å²) in [5.74, 6) is -0.990. The van der Waals surface area contributed by atoms with Gasteiger partial charge in [-0.25, -0.2) is 4.79 Å². The zero-order chi connectivity index (χ0) is 13.9. The highest BCUT2D eigenvalue weighted by Gasteiger charge is 2.31. The molecule has 0 fully saturated rings. The van der Waals surface area contributed by atoms with Crippen LogP contribution in [0.1, 0.15) is 25.8 Å². The number of non-ortho nitro benzene ring substituents is 1. The second kappa shape index (κ2) is 5.03. The van der Waals surface area contributed by atoms with Crippen molar-refractivity contribution < 1.29 is 14.8 Å². The molecule has 0 aromatic heterocycles. The highest BCUT2D eigenvalue weighted by Crippen LogP contribution is 2.26. The van der Waals surface area contributed by atoms with E-state index in [2.05, 4.69) is 5.32 Å². The maximum atomic E-state index is 11.2. The first-order chi connectivity index (χ1) is 8.30. The van der Waals surface area contributed by atoms with Gasteiger partial charge >= 0.3 is 5.97 Å². The fourth-order valence-corrected chi connectivity index (χ4v) is 1.45. The zero-order valence-corrected chi connectivity index (χ0v) is 10.6. The van der Waals surface area contributed by atoms with Gasteiger partial charge in [-0.2, -0.15) is 0 Å². The molecule has 98 valence electrons. The molecule has 0 saturated carbocycles. The number of nitrogens with one attached hydrogen (secondary N) is 1. The van der Waals surface area contributed by atoms with Gasteiger partial charge in [0.2, 0.25) is 0 Å². The predicted molar refractivity (Wildman–Crippen MR) is 67.8 cm³/mol. The Labute approximate surface area is 105 Å². The number of hydrogen-bond donors (Lipinski definition) is 2. The number of nitro groups is 1. The summed E-state index contributed by atoms with van der Waals surface area (Å²) in [5, 5.41) is 22.7. The summed E-state index contributed by atoms with van der Waals surface area (Å²) in [7, 11) is 0. The molecule has 1 unspecified atom stereocenters. The number of benzene rings is 1. The van der Waals surface area contributed by atoms with Gasteiger partial charge in [-0.3, -0.25) is 10.1 Å². The molecule has 0 radical (unpaired) electrons. The highest BCUT2D eigenvalue weighted by molar-refractivity contribution is 5.82. The molecule has 1 aromatic carbocycles. The summed E-state index contributed by atoms with van der Waals surface area (Å²) >= 11 is 0. The van der Waals surface area contributed by atoms with Crippen LogP contribution < -0.4 is 5.32 Å². The van der Waals surface area contributed by atoms with Crippen LogP contribution in [0.2, 0.25) is 0 Å². The maximum Gasteiger partial charge on any atom is 0.329 e. The standard InChI is InChI=1S/C12H16N2O4/c1-4-12(3,11(15)16)13-10-7-9(14(17)18)6-5-8(10)2/h5-7,13H,4H2,1-3H3,(H,15,16). The van der Waals surface area contributed by atoms with Crippen LogP contribution in [0.3, 0.4) is 0 Å². The first kappa shape index (κ1) is 14.0. The van der Waals surface area contributed by atoms with Gasteiger partial charge in [0.1, 0.15) is 5.54 Å². The minimum absolute atomic E-state index is 0.0630. The SMILES string of the molecule is CCC(C)(Nc1cc([N+](=O)[O-])ccc1C)C(=O)O. The Hall–Kier alpha value is -2.11. The number of carboxylic acids is 1. The third kappa shape index (κ3) is 2.77. The van der Waals surface area contributed by atoms with E-state index in [0.29, 0.717) is 12.1 Å². The maximum absolute atomic E-state index is 11.2. The van der Waals surface area contributed by atoms with Crippen molar-refractivity contribution in [1.82, 2.24) is 0 Å². The van der Waals surface area contributed by atoms with Crippen molar-refractivity contribution in [1.29, 1.82) is 0 Å². The summed E-state index contributed by atoms with van der Waals surface area (Å²) in [6.07, 6.45) is 0.366. The fraction of sp³-hybridized carbons (Fsp3) is 0.417. The van der Waals surface area contributed by atoms with Crippen molar-refractivity contribution in [2.24, 2.45) is 0 Å². The smallest absolute Gasteiger partial charge is 0.329 e. The van der Waals surface area contributed by atoms with Crippen LogP contribution in [0.4, 0.5) is 11.4 Å². The van der Waals surface area contributed by atoms with Crippen molar-refractivity contribution >= 4 is 17.3 Å². The molecule has 0 spiro atoms. The van der Waals surface area contributed by atoms with Crippen LogP contribution in [0.25, 0.3) is 0 Å². The first-order valence-corrected chi connectivity index (χ1v) is 5.57. The van der Waals surface area contributed by atoms with E-state index in [4.69, 9.17) is 5.11 Å². The Morgan fingerprint density at radius 2 is 2.17 bits per heavy atom. The highest BCUT2D eigenvalue weighted by atomic mass is 16.6. The van der Waals surface area contributed by atoms with Gasteiger partial charge in [0.05, 0.1) is 4.92 Å². The zero-order valence-electron chi connectivity index (χ0n) is 10.6. The Kier molecular flexibility index (Phi) is 3.90. The normalized spacial score (nSPS) is 13.7. The van der Waals surface area contributed by atoms with Crippen molar-refractivity contribution in [3.63, 3.8) is 0 Å². The summed E-state index contributed by atoms with van der Waals surface area (Å²) in [5.41, 5.74) is 0.0318. The quantitative estimate of drug-likeness (QED) is 0.620. The fourth-order valence-electron chi connectivity index (χ4n) is 1.45. The number of anilines is 1. The molecule has 0 aliphatic heterocycles. The number of carbonyl (C=O) groups is 1. The lowest BCUT2D eigenvalue weighted by Gasteiger charge is -2.26. The summed E-state index contributed by atoms with van der Waals surface area (Å²) in [4.78, 5) is 21.4. The minimum Gasteiger partial charge on any atom is -0.480 e. The molecule has 0 amide bonds. The molecule has 18 heavy (non-hydrogen) atoms. The number of aryl methyl sites for hydroxylation is 1. The number of rotatable bonds is 5. The number of hydrogen-bond acceptors (Lipinski definition) is 4. The second-order valence-corrected chi connectivity index (χ2v) is 4.37. The lowest BCUT2D eigenvalue weighted by Crippen LogP contribution is -2.42. The van der Waals surface area contributed by atoms with Crippen molar-refractivity contribution in [2.75, 3.05) is 5.32 Å². The average Bonchev–Trinajstić information content (AvgIpc) is 2.31. The van der Waals surface area contributed by atoms with Crippen LogP contribution in [-0.4, -0.2) is 21.5 Å². The molecule has 1 aromatic rings. The summed E-state index contributed by atoms with van der Waals surface area (Å²) < 4.78 is 0. The Morgan fingerprint density at radius 1 is 1.56 bits per heavy atom. The molecule has 1 atom stereocenters. The molecule has 0 heterocycles. The molecule has 2 N–H and O–H groups in total. The van der Waals surface area contributed by atoms with Gasteiger partial charge < -0.3 is 10.4 Å². The number of nitro benzene ring substituents is 1. The van der Waals surface area contributed by atoms with Crippen LogP contribution in [0.5, 0.6) is 0 Å². The van der Waals surface area contributed by atoms with E-state index >= 15 is 0 Å². The molecular formula is C12H16N2O4. The lowest BCUT2D eigenvalue weighted by molar-refractivity contribution is -0.384. The largest absolute Gasteiger partial charge is 0.480 e. The van der Waals surface area contributed by atoms with Crippen LogP contribution in [-0.2, 0) is 4.79 Å². The first-order valence-electron chi connectivity index (χ1n) is 5.57. The van der Waals surface area contributed by atoms with Gasteiger partial charge in [-0.05, 0) is 25.8 Å². The number of aliphatic carboxylic acids is 1. The molecule has 6 heteroatoms.